The van der Waals surface area contributed by atoms with Gasteiger partial charge in [-0.3, -0.25) is 0 Å². The zero-order valence-electron chi connectivity index (χ0n) is 41.8. The van der Waals surface area contributed by atoms with Crippen molar-refractivity contribution >= 4 is 44.6 Å². The molecule has 348 valence electrons. The van der Waals surface area contributed by atoms with E-state index < -0.39 is 0 Å². The van der Waals surface area contributed by atoms with Gasteiger partial charge in [0.05, 0.1) is 0 Å². The Morgan fingerprint density at radius 3 is 1.90 bits per heavy atom. The van der Waals surface area contributed by atoms with Gasteiger partial charge in [-0.15, -0.1) is 53.6 Å². The van der Waals surface area contributed by atoms with E-state index in [1.807, 2.05) is 12.3 Å². The maximum Gasteiger partial charge on any atom is 0.135 e. The van der Waals surface area contributed by atoms with Crippen LogP contribution in [0.5, 0.6) is 11.5 Å². The first-order chi connectivity index (χ1) is 31.3. The van der Waals surface area contributed by atoms with Gasteiger partial charge < -0.3 is 19.1 Å². The van der Waals surface area contributed by atoms with Crippen LogP contribution in [0.2, 0.25) is 0 Å². The quantitative estimate of drug-likeness (QED) is 0.135. The predicted octanol–water partition coefficient (Wildman–Crippen LogP) is 17.2. The van der Waals surface area contributed by atoms with E-state index in [1.165, 1.54) is 44.5 Å². The molecule has 5 nitrogen and oxygen atoms in total. The van der Waals surface area contributed by atoms with Crippen LogP contribution in [-0.4, -0.2) is 9.55 Å². The summed E-state index contributed by atoms with van der Waals surface area (Å²) in [7, 11) is 0. The number of nitrogens with zero attached hydrogens (tertiary/aromatic N) is 4. The molecule has 0 N–H and O–H groups in total. The van der Waals surface area contributed by atoms with Gasteiger partial charge in [0, 0.05) is 61.3 Å². The number of pyridine rings is 1. The van der Waals surface area contributed by atoms with Crippen molar-refractivity contribution in [3.05, 3.63) is 173 Å². The van der Waals surface area contributed by atoms with Gasteiger partial charge in [-0.25, -0.2) is 4.98 Å². The van der Waals surface area contributed by atoms with Gasteiger partial charge >= 0.3 is 0 Å². The van der Waals surface area contributed by atoms with Crippen LogP contribution in [-0.2, 0) is 31.9 Å². The van der Waals surface area contributed by atoms with Crippen LogP contribution < -0.4 is 14.5 Å². The molecule has 0 radical (unpaired) electrons. The Balaban J connectivity index is 0.00000608. The molecule has 9 rings (SSSR count). The molecule has 0 bridgehead atoms. The normalized spacial score (nSPS) is 13.1. The topological polar surface area (TPSA) is 33.5 Å². The van der Waals surface area contributed by atoms with Crippen molar-refractivity contribution in [2.45, 2.75) is 126 Å². The Hall–Kier alpha value is -5.64. The maximum absolute atomic E-state index is 6.88. The third kappa shape index (κ3) is 9.09. The van der Waals surface area contributed by atoms with E-state index in [0.717, 1.165) is 55.9 Å². The second-order valence-electron chi connectivity index (χ2n) is 21.4. The van der Waals surface area contributed by atoms with Gasteiger partial charge in [0.2, 0.25) is 0 Å². The van der Waals surface area contributed by atoms with Crippen LogP contribution in [0.4, 0.5) is 22.7 Å². The largest absolute Gasteiger partial charge is 0.509 e. The SMILES string of the molecule is Cc1cc2c(cc1C)N(c1cccc(-c3c(C(C)C)cc(C(C)C)cc3C(C)C)c1)[CH-]N2c1[c-]c(Oc2[c-]c3c(cc2)c2ccccc2n3-c2cc(C(C)(C)C)ccn2)cc(C(C)(C)C)c1.[Pt]. The molecule has 0 spiro atoms. The number of anilines is 4. The van der Waals surface area contributed by atoms with E-state index in [-0.39, 0.29) is 31.9 Å². The van der Waals surface area contributed by atoms with Crippen LogP contribution in [0, 0.1) is 32.6 Å². The summed E-state index contributed by atoms with van der Waals surface area (Å²) >= 11 is 0. The van der Waals surface area contributed by atoms with Gasteiger partial charge in [-0.05, 0) is 135 Å². The summed E-state index contributed by atoms with van der Waals surface area (Å²) in [5, 5.41) is 2.25. The molecule has 8 aromatic rings. The summed E-state index contributed by atoms with van der Waals surface area (Å²) in [6.07, 6.45) is 1.91. The molecule has 0 saturated carbocycles. The van der Waals surface area contributed by atoms with Gasteiger partial charge in [0.1, 0.15) is 5.82 Å². The van der Waals surface area contributed by atoms with E-state index in [2.05, 4.69) is 233 Å². The minimum atomic E-state index is -0.168. The fourth-order valence-electron chi connectivity index (χ4n) is 9.35. The van der Waals surface area contributed by atoms with Crippen LogP contribution in [0.15, 0.2) is 115 Å². The summed E-state index contributed by atoms with van der Waals surface area (Å²) in [5.74, 6) is 3.34. The molecule has 0 atom stereocenters. The van der Waals surface area contributed by atoms with E-state index >= 15 is 0 Å². The molecule has 0 unspecified atom stereocenters. The average molecular weight is 1070 g/mol. The number of aryl methyl sites for hydroxylation is 2. The van der Waals surface area contributed by atoms with E-state index in [0.29, 0.717) is 29.3 Å². The van der Waals surface area contributed by atoms with Crippen LogP contribution in [0.3, 0.4) is 0 Å². The Labute approximate surface area is 414 Å². The Morgan fingerprint density at radius 2 is 1.25 bits per heavy atom. The third-order valence-electron chi connectivity index (χ3n) is 13.5. The van der Waals surface area contributed by atoms with Crippen LogP contribution in [0.1, 0.15) is 140 Å². The van der Waals surface area contributed by atoms with Crippen molar-refractivity contribution in [3.63, 3.8) is 0 Å². The van der Waals surface area contributed by atoms with E-state index in [9.17, 15) is 0 Å². The van der Waals surface area contributed by atoms with Crippen molar-refractivity contribution in [2.24, 2.45) is 0 Å². The monoisotopic (exact) mass is 1060 g/mol. The van der Waals surface area contributed by atoms with Crippen LogP contribution >= 0.6 is 0 Å². The standard InChI is InChI=1S/C61H65N4O.Pt/c1-37(2)43-29-52(38(3)4)59(53(30-43)39(5)6)42-18-17-19-46(28-42)63-36-64(57-27-41(8)40(7)26-56(57)63)47-31-45(61(12,13)14)32-49(34-47)66-48-22-23-51-50-20-15-16-21-54(50)65(55(51)35-48)58-33-44(24-25-62-58)60(9,10)11;/h15-33,36-39H,1-14H3;/q-3;. The number of fused-ring (bicyclic) bond motifs is 4. The fourth-order valence-corrected chi connectivity index (χ4v) is 9.35. The molecule has 67 heavy (non-hydrogen) atoms. The molecule has 1 aliphatic rings. The summed E-state index contributed by atoms with van der Waals surface area (Å²) in [5.41, 5.74) is 17.7. The zero-order valence-corrected chi connectivity index (χ0v) is 44.1. The second-order valence-corrected chi connectivity index (χ2v) is 21.4. The predicted molar refractivity (Wildman–Crippen MR) is 279 cm³/mol. The summed E-state index contributed by atoms with van der Waals surface area (Å²) in [6.45, 7) is 34.0. The molecule has 2 aromatic heterocycles. The molecular formula is C61H65N4OPt-3. The Morgan fingerprint density at radius 1 is 0.597 bits per heavy atom. The van der Waals surface area contributed by atoms with Crippen molar-refractivity contribution in [1.82, 2.24) is 9.55 Å². The van der Waals surface area contributed by atoms with Crippen molar-refractivity contribution in [3.8, 4) is 28.4 Å². The number of hydrogen-bond donors (Lipinski definition) is 0. The molecule has 3 heterocycles. The van der Waals surface area contributed by atoms with Crippen molar-refractivity contribution in [2.75, 3.05) is 9.80 Å². The molecular weight excluding hydrogens is 1000 g/mol. The Kier molecular flexibility index (Phi) is 12.9. The minimum Gasteiger partial charge on any atom is -0.509 e. The van der Waals surface area contributed by atoms with Gasteiger partial charge in [-0.1, -0.05) is 131 Å². The molecule has 0 fully saturated rings. The summed E-state index contributed by atoms with van der Waals surface area (Å²) in [4.78, 5) is 9.52. The van der Waals surface area contributed by atoms with E-state index in [4.69, 9.17) is 9.72 Å². The zero-order chi connectivity index (χ0) is 47.0. The van der Waals surface area contributed by atoms with Crippen molar-refractivity contribution < 1.29 is 25.8 Å². The average Bonchev–Trinajstić information content (AvgIpc) is 3.80. The molecule has 1 aliphatic heterocycles. The molecule has 0 saturated heterocycles. The molecule has 0 amide bonds. The first-order valence-corrected chi connectivity index (χ1v) is 23.8. The minimum absolute atomic E-state index is 0. The fraction of sp³-hybridized carbons (Fsp3) is 0.311. The first kappa shape index (κ1) is 47.8. The number of para-hydroxylation sites is 1. The summed E-state index contributed by atoms with van der Waals surface area (Å²) < 4.78 is 9.09. The molecule has 0 aliphatic carbocycles. The summed E-state index contributed by atoms with van der Waals surface area (Å²) in [6, 6.07) is 47.5. The number of benzene rings is 6. The Bertz CT molecular complexity index is 3110. The molecule has 6 heteroatoms. The first-order valence-electron chi connectivity index (χ1n) is 23.8. The van der Waals surface area contributed by atoms with Gasteiger partial charge in [-0.2, -0.15) is 6.07 Å². The van der Waals surface area contributed by atoms with E-state index in [1.54, 1.807) is 0 Å². The maximum atomic E-state index is 6.88. The smallest absolute Gasteiger partial charge is 0.135 e. The van der Waals surface area contributed by atoms with Crippen LogP contribution in [0.25, 0.3) is 38.8 Å². The van der Waals surface area contributed by atoms with Crippen molar-refractivity contribution in [1.29, 1.82) is 0 Å². The number of hydrogen-bond acceptors (Lipinski definition) is 4. The number of rotatable bonds is 9. The van der Waals surface area contributed by atoms with Gasteiger partial charge in [0.15, 0.2) is 0 Å². The third-order valence-corrected chi connectivity index (χ3v) is 13.5. The molecule has 6 aromatic carbocycles. The van der Waals surface area contributed by atoms with Gasteiger partial charge in [0.25, 0.3) is 0 Å². The number of ether oxygens (including phenoxy) is 1. The number of aromatic nitrogens is 2. The second kappa shape index (κ2) is 18.1.